The molecule has 0 bridgehead atoms. The van der Waals surface area contributed by atoms with E-state index in [0.29, 0.717) is 10.6 Å². The second kappa shape index (κ2) is 3.15. The first-order valence-corrected chi connectivity index (χ1v) is 5.30. The number of nitrogen functional groups attached to an aromatic ring is 1. The molecule has 1 aromatic rings. The van der Waals surface area contributed by atoms with E-state index < -0.39 is 9.84 Å². The Kier molecular flexibility index (Phi) is 2.38. The minimum absolute atomic E-state index is 0.122. The Morgan fingerprint density at radius 2 is 1.75 bits per heavy atom. The van der Waals surface area contributed by atoms with Gasteiger partial charge in [-0.25, -0.2) is 8.42 Å². The molecule has 0 spiro atoms. The van der Waals surface area contributed by atoms with Crippen LogP contribution >= 0.6 is 0 Å². The Balaban J connectivity index is 3.14. The van der Waals surface area contributed by atoms with Crippen LogP contribution in [-0.2, 0) is 9.84 Å². The van der Waals surface area contributed by atoms with Crippen LogP contribution in [0.3, 0.4) is 0 Å². The fourth-order valence-electron chi connectivity index (χ4n) is 0.842. The third kappa shape index (κ3) is 1.76. The molecule has 0 aromatic heterocycles. The zero-order valence-corrected chi connectivity index (χ0v) is 7.64. The Bertz CT molecular complexity index is 353. The van der Waals surface area contributed by atoms with Gasteiger partial charge in [-0.2, -0.15) is 0 Å². The van der Waals surface area contributed by atoms with Crippen LogP contribution in [0.4, 0.5) is 5.69 Å². The van der Waals surface area contributed by atoms with Gasteiger partial charge in [0.1, 0.15) is 0 Å². The Hall–Kier alpha value is -1.03. The maximum atomic E-state index is 11.3. The molecule has 1 rings (SSSR count). The number of rotatable bonds is 2. The zero-order valence-electron chi connectivity index (χ0n) is 6.82. The lowest BCUT2D eigenvalue weighted by Crippen LogP contribution is -2.03. The zero-order chi connectivity index (χ0) is 9.19. The fraction of sp³-hybridized carbons (Fsp3) is 0.250. The molecule has 0 aliphatic heterocycles. The van der Waals surface area contributed by atoms with Crippen molar-refractivity contribution in [3.05, 3.63) is 24.3 Å². The number of hydrogen-bond acceptors (Lipinski definition) is 3. The third-order valence-electron chi connectivity index (χ3n) is 1.62. The second-order valence-corrected chi connectivity index (χ2v) is 4.75. The highest BCUT2D eigenvalue weighted by molar-refractivity contribution is 7.91. The Morgan fingerprint density at radius 1 is 1.25 bits per heavy atom. The minimum atomic E-state index is -3.07. The quantitative estimate of drug-likeness (QED) is 0.701. The van der Waals surface area contributed by atoms with Crippen LogP contribution < -0.4 is 5.73 Å². The average molecular weight is 185 g/mol. The van der Waals surface area contributed by atoms with Crippen molar-refractivity contribution in [1.82, 2.24) is 0 Å². The lowest BCUT2D eigenvalue weighted by Gasteiger charge is -2.00. The normalized spacial score (nSPS) is 11.4. The van der Waals surface area contributed by atoms with Crippen LogP contribution in [0.25, 0.3) is 0 Å². The number of nitrogens with two attached hydrogens (primary N) is 1. The Labute approximate surface area is 72.1 Å². The van der Waals surface area contributed by atoms with E-state index in [-0.39, 0.29) is 5.75 Å². The molecule has 66 valence electrons. The smallest absolute Gasteiger partial charge is 0.178 e. The summed E-state index contributed by atoms with van der Waals surface area (Å²) < 4.78 is 22.5. The lowest BCUT2D eigenvalue weighted by atomic mass is 10.3. The number of benzene rings is 1. The summed E-state index contributed by atoms with van der Waals surface area (Å²) in [7, 11) is -3.07. The fourth-order valence-corrected chi connectivity index (χ4v) is 1.73. The molecule has 0 fully saturated rings. The first-order chi connectivity index (χ1) is 5.56. The molecule has 0 amide bonds. The van der Waals surface area contributed by atoms with Gasteiger partial charge >= 0.3 is 0 Å². The molecular formula is C8H11NO2S. The maximum Gasteiger partial charge on any atom is 0.178 e. The monoisotopic (exact) mass is 185 g/mol. The van der Waals surface area contributed by atoms with Gasteiger partial charge in [0, 0.05) is 5.69 Å². The molecular weight excluding hydrogens is 174 g/mol. The first-order valence-electron chi connectivity index (χ1n) is 3.64. The summed E-state index contributed by atoms with van der Waals surface area (Å²) in [6, 6.07) is 6.22. The van der Waals surface area contributed by atoms with Gasteiger partial charge < -0.3 is 5.73 Å². The van der Waals surface area contributed by atoms with Gasteiger partial charge in [-0.15, -0.1) is 0 Å². The van der Waals surface area contributed by atoms with Crippen molar-refractivity contribution in [2.75, 3.05) is 11.5 Å². The number of anilines is 1. The summed E-state index contributed by atoms with van der Waals surface area (Å²) in [5.74, 6) is 0.122. The predicted molar refractivity (Wildman–Crippen MR) is 48.6 cm³/mol. The van der Waals surface area contributed by atoms with Gasteiger partial charge in [0.15, 0.2) is 9.84 Å². The largest absolute Gasteiger partial charge is 0.399 e. The van der Waals surface area contributed by atoms with Crippen LogP contribution in [-0.4, -0.2) is 14.2 Å². The van der Waals surface area contributed by atoms with Crippen LogP contribution in [0.15, 0.2) is 29.2 Å². The highest BCUT2D eigenvalue weighted by Gasteiger charge is 2.09. The van der Waals surface area contributed by atoms with Gasteiger partial charge in [-0.3, -0.25) is 0 Å². The molecule has 0 saturated carbocycles. The van der Waals surface area contributed by atoms with E-state index in [2.05, 4.69) is 0 Å². The molecule has 0 unspecified atom stereocenters. The summed E-state index contributed by atoms with van der Waals surface area (Å²) in [5.41, 5.74) is 5.99. The van der Waals surface area contributed by atoms with Crippen LogP contribution in [0.1, 0.15) is 6.92 Å². The molecule has 0 aliphatic carbocycles. The van der Waals surface area contributed by atoms with Crippen molar-refractivity contribution in [2.24, 2.45) is 0 Å². The third-order valence-corrected chi connectivity index (χ3v) is 3.37. The van der Waals surface area contributed by atoms with E-state index in [4.69, 9.17) is 5.73 Å². The highest BCUT2D eigenvalue weighted by atomic mass is 32.2. The van der Waals surface area contributed by atoms with E-state index in [1.165, 1.54) is 12.1 Å². The summed E-state index contributed by atoms with van der Waals surface area (Å²) >= 11 is 0. The molecule has 0 heterocycles. The number of hydrogen-bond donors (Lipinski definition) is 1. The van der Waals surface area contributed by atoms with Crippen LogP contribution in [0.2, 0.25) is 0 Å². The molecule has 0 atom stereocenters. The van der Waals surface area contributed by atoms with Crippen molar-refractivity contribution in [3.8, 4) is 0 Å². The topological polar surface area (TPSA) is 60.2 Å². The molecule has 1 aromatic carbocycles. The summed E-state index contributed by atoms with van der Waals surface area (Å²) in [5, 5.41) is 0. The van der Waals surface area contributed by atoms with Crippen molar-refractivity contribution in [2.45, 2.75) is 11.8 Å². The van der Waals surface area contributed by atoms with E-state index in [1.807, 2.05) is 0 Å². The first kappa shape index (κ1) is 9.06. The standard InChI is InChI=1S/C8H11NO2S/c1-2-12(10,11)8-5-3-7(9)4-6-8/h3-6H,2,9H2,1H3. The van der Waals surface area contributed by atoms with E-state index in [0.717, 1.165) is 0 Å². The summed E-state index contributed by atoms with van der Waals surface area (Å²) in [4.78, 5) is 0.333. The van der Waals surface area contributed by atoms with Crippen LogP contribution in [0.5, 0.6) is 0 Å². The van der Waals surface area contributed by atoms with Gasteiger partial charge in [0.25, 0.3) is 0 Å². The SMILES string of the molecule is CCS(=O)(=O)c1ccc(N)cc1. The van der Waals surface area contributed by atoms with E-state index in [1.54, 1.807) is 19.1 Å². The Morgan fingerprint density at radius 3 is 2.17 bits per heavy atom. The van der Waals surface area contributed by atoms with Crippen molar-refractivity contribution < 1.29 is 8.42 Å². The molecule has 4 heteroatoms. The number of sulfone groups is 1. The molecule has 0 saturated heterocycles. The molecule has 2 N–H and O–H groups in total. The van der Waals surface area contributed by atoms with Gasteiger partial charge in [0.05, 0.1) is 10.6 Å². The maximum absolute atomic E-state index is 11.3. The summed E-state index contributed by atoms with van der Waals surface area (Å²) in [6.07, 6.45) is 0. The molecule has 0 aliphatic rings. The predicted octanol–water partition coefficient (Wildman–Crippen LogP) is 1.06. The van der Waals surface area contributed by atoms with Crippen molar-refractivity contribution in [3.63, 3.8) is 0 Å². The molecule has 0 radical (unpaired) electrons. The highest BCUT2D eigenvalue weighted by Crippen LogP contribution is 2.12. The van der Waals surface area contributed by atoms with Gasteiger partial charge in [-0.05, 0) is 24.3 Å². The summed E-state index contributed by atoms with van der Waals surface area (Å²) in [6.45, 7) is 1.62. The minimum Gasteiger partial charge on any atom is -0.399 e. The lowest BCUT2D eigenvalue weighted by molar-refractivity contribution is 0.597. The van der Waals surface area contributed by atoms with Gasteiger partial charge in [0.2, 0.25) is 0 Å². The molecule has 3 nitrogen and oxygen atoms in total. The van der Waals surface area contributed by atoms with E-state index >= 15 is 0 Å². The second-order valence-electron chi connectivity index (χ2n) is 2.47. The van der Waals surface area contributed by atoms with Crippen molar-refractivity contribution in [1.29, 1.82) is 0 Å². The van der Waals surface area contributed by atoms with E-state index in [9.17, 15) is 8.42 Å². The van der Waals surface area contributed by atoms with Crippen molar-refractivity contribution >= 4 is 15.5 Å². The average Bonchev–Trinajstić information content (AvgIpc) is 2.05. The van der Waals surface area contributed by atoms with Crippen LogP contribution in [0, 0.1) is 0 Å². The molecule has 12 heavy (non-hydrogen) atoms. The van der Waals surface area contributed by atoms with Gasteiger partial charge in [-0.1, -0.05) is 6.92 Å².